The van der Waals surface area contributed by atoms with Crippen LogP contribution in [0.25, 0.3) is 0 Å². The molecule has 0 aromatic heterocycles. The summed E-state index contributed by atoms with van der Waals surface area (Å²) >= 11 is 0. The van der Waals surface area contributed by atoms with Gasteiger partial charge in [0.1, 0.15) is 11.5 Å². The van der Waals surface area contributed by atoms with E-state index in [4.69, 9.17) is 4.74 Å². The van der Waals surface area contributed by atoms with Crippen LogP contribution in [-0.2, 0) is 0 Å². The first-order chi connectivity index (χ1) is 8.79. The van der Waals surface area contributed by atoms with Crippen LogP contribution in [0.1, 0.15) is 11.1 Å². The van der Waals surface area contributed by atoms with Crippen molar-refractivity contribution in [2.24, 2.45) is 5.10 Å². The zero-order chi connectivity index (χ0) is 12.8. The summed E-state index contributed by atoms with van der Waals surface area (Å²) in [6, 6.07) is 15.8. The van der Waals surface area contributed by atoms with Crippen LogP contribution in [0.5, 0.6) is 11.5 Å². The molecule has 0 aliphatic carbocycles. The van der Waals surface area contributed by atoms with E-state index in [0.717, 1.165) is 22.6 Å². The van der Waals surface area contributed by atoms with Gasteiger partial charge in [0, 0.05) is 7.05 Å². The Morgan fingerprint density at radius 2 is 1.78 bits per heavy atom. The number of nitrogens with zero attached hydrogens (tertiary/aromatic N) is 1. The minimum Gasteiger partial charge on any atom is -0.457 e. The molecule has 0 saturated carbocycles. The maximum atomic E-state index is 5.81. The Morgan fingerprint density at radius 1 is 1.06 bits per heavy atom. The molecular formula is C15H16N2O. The van der Waals surface area contributed by atoms with E-state index in [1.54, 1.807) is 13.3 Å². The Balaban J connectivity index is 2.11. The highest BCUT2D eigenvalue weighted by Gasteiger charge is 1.99. The number of nitrogens with one attached hydrogen (secondary N) is 1. The molecule has 0 atom stereocenters. The van der Waals surface area contributed by atoms with Gasteiger partial charge in [-0.25, -0.2) is 0 Å². The SMILES string of the molecule is CNN=Cc1ccc(Oc2ccccc2C)cc1. The van der Waals surface area contributed by atoms with Crippen LogP contribution in [0, 0.1) is 6.92 Å². The smallest absolute Gasteiger partial charge is 0.130 e. The number of hydrogen-bond acceptors (Lipinski definition) is 3. The van der Waals surface area contributed by atoms with Crippen molar-refractivity contribution in [2.45, 2.75) is 6.92 Å². The van der Waals surface area contributed by atoms with Crippen LogP contribution in [0.2, 0.25) is 0 Å². The molecule has 0 fully saturated rings. The third-order valence-electron chi connectivity index (χ3n) is 2.54. The number of hydrogen-bond donors (Lipinski definition) is 1. The van der Waals surface area contributed by atoms with Crippen molar-refractivity contribution in [3.8, 4) is 11.5 Å². The van der Waals surface area contributed by atoms with Gasteiger partial charge in [0.15, 0.2) is 0 Å². The summed E-state index contributed by atoms with van der Waals surface area (Å²) < 4.78 is 5.81. The van der Waals surface area contributed by atoms with Crippen LogP contribution >= 0.6 is 0 Å². The lowest BCUT2D eigenvalue weighted by Gasteiger charge is -2.08. The van der Waals surface area contributed by atoms with Crippen LogP contribution < -0.4 is 10.2 Å². The van der Waals surface area contributed by atoms with E-state index in [2.05, 4.69) is 10.5 Å². The molecule has 0 unspecified atom stereocenters. The highest BCUT2D eigenvalue weighted by Crippen LogP contribution is 2.24. The van der Waals surface area contributed by atoms with Crippen molar-refractivity contribution in [2.75, 3.05) is 7.05 Å². The fourth-order valence-electron chi connectivity index (χ4n) is 1.56. The largest absolute Gasteiger partial charge is 0.457 e. The van der Waals surface area contributed by atoms with Crippen molar-refractivity contribution >= 4 is 6.21 Å². The molecular weight excluding hydrogens is 224 g/mol. The van der Waals surface area contributed by atoms with E-state index < -0.39 is 0 Å². The van der Waals surface area contributed by atoms with Gasteiger partial charge >= 0.3 is 0 Å². The second kappa shape index (κ2) is 5.87. The molecule has 0 spiro atoms. The van der Waals surface area contributed by atoms with Gasteiger partial charge in [-0.2, -0.15) is 5.10 Å². The normalized spacial score (nSPS) is 10.6. The van der Waals surface area contributed by atoms with Crippen LogP contribution in [0.4, 0.5) is 0 Å². The summed E-state index contributed by atoms with van der Waals surface area (Å²) in [5, 5.41) is 3.95. The molecule has 0 aliphatic rings. The molecule has 92 valence electrons. The van der Waals surface area contributed by atoms with Gasteiger partial charge < -0.3 is 10.2 Å². The lowest BCUT2D eigenvalue weighted by atomic mass is 10.2. The lowest BCUT2D eigenvalue weighted by Crippen LogP contribution is -1.94. The Bertz CT molecular complexity index is 532. The van der Waals surface area contributed by atoms with E-state index in [1.165, 1.54) is 0 Å². The number of rotatable bonds is 4. The number of ether oxygens (including phenoxy) is 1. The van der Waals surface area contributed by atoms with Crippen molar-refractivity contribution in [1.29, 1.82) is 0 Å². The third kappa shape index (κ3) is 3.10. The monoisotopic (exact) mass is 240 g/mol. The first-order valence-corrected chi connectivity index (χ1v) is 5.83. The Morgan fingerprint density at radius 3 is 2.44 bits per heavy atom. The minimum absolute atomic E-state index is 0.825. The van der Waals surface area contributed by atoms with Gasteiger partial charge in [-0.05, 0) is 48.4 Å². The number of para-hydroxylation sites is 1. The fraction of sp³-hybridized carbons (Fsp3) is 0.133. The first-order valence-electron chi connectivity index (χ1n) is 5.83. The topological polar surface area (TPSA) is 33.6 Å². The molecule has 0 aliphatic heterocycles. The molecule has 0 amide bonds. The summed E-state index contributed by atoms with van der Waals surface area (Å²) in [7, 11) is 1.77. The molecule has 2 rings (SSSR count). The highest BCUT2D eigenvalue weighted by molar-refractivity contribution is 5.79. The van der Waals surface area contributed by atoms with Crippen LogP contribution in [0.15, 0.2) is 53.6 Å². The average molecular weight is 240 g/mol. The number of benzene rings is 2. The molecule has 3 nitrogen and oxygen atoms in total. The quantitative estimate of drug-likeness (QED) is 0.657. The standard InChI is InChI=1S/C15H16N2O/c1-12-5-3-4-6-15(12)18-14-9-7-13(8-10-14)11-17-16-2/h3-11,16H,1-2H3. The van der Waals surface area contributed by atoms with Crippen molar-refractivity contribution in [3.05, 3.63) is 59.7 Å². The van der Waals surface area contributed by atoms with Gasteiger partial charge in [-0.3, -0.25) is 0 Å². The van der Waals surface area contributed by atoms with Gasteiger partial charge in [0.2, 0.25) is 0 Å². The van der Waals surface area contributed by atoms with Crippen LogP contribution in [0.3, 0.4) is 0 Å². The zero-order valence-electron chi connectivity index (χ0n) is 10.6. The molecule has 18 heavy (non-hydrogen) atoms. The van der Waals surface area contributed by atoms with Crippen molar-refractivity contribution in [1.82, 2.24) is 5.43 Å². The highest BCUT2D eigenvalue weighted by atomic mass is 16.5. The molecule has 2 aromatic rings. The second-order valence-corrected chi connectivity index (χ2v) is 3.92. The Hall–Kier alpha value is -2.29. The predicted octanol–water partition coefficient (Wildman–Crippen LogP) is 3.34. The van der Waals surface area contributed by atoms with Crippen LogP contribution in [-0.4, -0.2) is 13.3 Å². The van der Waals surface area contributed by atoms with Crippen molar-refractivity contribution < 1.29 is 4.74 Å². The number of hydrazone groups is 1. The lowest BCUT2D eigenvalue weighted by molar-refractivity contribution is 0.479. The molecule has 0 radical (unpaired) electrons. The Kier molecular flexibility index (Phi) is 3.97. The zero-order valence-corrected chi connectivity index (χ0v) is 10.6. The summed E-state index contributed by atoms with van der Waals surface area (Å²) in [6.07, 6.45) is 1.76. The predicted molar refractivity (Wildman–Crippen MR) is 74.3 cm³/mol. The minimum atomic E-state index is 0.825. The van der Waals surface area contributed by atoms with Gasteiger partial charge in [-0.15, -0.1) is 0 Å². The third-order valence-corrected chi connectivity index (χ3v) is 2.54. The summed E-state index contributed by atoms with van der Waals surface area (Å²) in [4.78, 5) is 0. The summed E-state index contributed by atoms with van der Waals surface area (Å²) in [5.74, 6) is 1.71. The molecule has 1 N–H and O–H groups in total. The van der Waals surface area contributed by atoms with E-state index in [9.17, 15) is 0 Å². The van der Waals surface area contributed by atoms with E-state index in [0.29, 0.717) is 0 Å². The molecule has 2 aromatic carbocycles. The van der Waals surface area contributed by atoms with Gasteiger partial charge in [-0.1, -0.05) is 18.2 Å². The van der Waals surface area contributed by atoms with E-state index in [-0.39, 0.29) is 0 Å². The summed E-state index contributed by atoms with van der Waals surface area (Å²) in [5.41, 5.74) is 4.87. The summed E-state index contributed by atoms with van der Waals surface area (Å²) in [6.45, 7) is 2.03. The van der Waals surface area contributed by atoms with Gasteiger partial charge in [0.05, 0.1) is 6.21 Å². The van der Waals surface area contributed by atoms with E-state index in [1.807, 2.05) is 55.5 Å². The Labute approximate surface area is 107 Å². The van der Waals surface area contributed by atoms with E-state index >= 15 is 0 Å². The molecule has 3 heteroatoms. The molecule has 0 heterocycles. The molecule has 0 saturated heterocycles. The first kappa shape index (κ1) is 12.2. The maximum absolute atomic E-state index is 5.81. The van der Waals surface area contributed by atoms with Crippen molar-refractivity contribution in [3.63, 3.8) is 0 Å². The number of aryl methyl sites for hydroxylation is 1. The fourth-order valence-corrected chi connectivity index (χ4v) is 1.56. The van der Waals surface area contributed by atoms with Gasteiger partial charge in [0.25, 0.3) is 0 Å². The average Bonchev–Trinajstić information content (AvgIpc) is 2.41. The maximum Gasteiger partial charge on any atom is 0.130 e. The second-order valence-electron chi connectivity index (χ2n) is 3.92. The molecule has 0 bridgehead atoms.